The van der Waals surface area contributed by atoms with Crippen LogP contribution in [-0.2, 0) is 11.3 Å². The number of nitrogens with one attached hydrogen (secondary N) is 1. The topological polar surface area (TPSA) is 57.9 Å². The van der Waals surface area contributed by atoms with Crippen LogP contribution in [-0.4, -0.2) is 38.5 Å². The van der Waals surface area contributed by atoms with Crippen molar-refractivity contribution < 1.29 is 14.3 Å². The SMILES string of the molecule is CN(C)c1ccc(NCC(O)COCc2ccco2)cc1. The van der Waals surface area contributed by atoms with Crippen molar-refractivity contribution in [1.29, 1.82) is 0 Å². The third-order valence-electron chi connectivity index (χ3n) is 3.06. The molecule has 0 aliphatic carbocycles. The molecule has 1 heterocycles. The molecule has 5 heteroatoms. The Bertz CT molecular complexity index is 509. The third kappa shape index (κ3) is 5.13. The molecule has 0 aliphatic heterocycles. The van der Waals surface area contributed by atoms with E-state index in [4.69, 9.17) is 9.15 Å². The highest BCUT2D eigenvalue weighted by Gasteiger charge is 2.05. The van der Waals surface area contributed by atoms with Crippen molar-refractivity contribution in [3.05, 3.63) is 48.4 Å². The van der Waals surface area contributed by atoms with Gasteiger partial charge in [0.1, 0.15) is 12.4 Å². The fourth-order valence-electron chi connectivity index (χ4n) is 1.86. The van der Waals surface area contributed by atoms with E-state index < -0.39 is 6.10 Å². The molecule has 0 saturated carbocycles. The molecule has 1 aromatic carbocycles. The Morgan fingerprint density at radius 3 is 2.62 bits per heavy atom. The average molecular weight is 290 g/mol. The van der Waals surface area contributed by atoms with Crippen LogP contribution in [0.15, 0.2) is 47.1 Å². The van der Waals surface area contributed by atoms with Crippen LogP contribution in [0.4, 0.5) is 11.4 Å². The third-order valence-corrected chi connectivity index (χ3v) is 3.06. The predicted octanol–water partition coefficient (Wildman–Crippen LogP) is 2.34. The largest absolute Gasteiger partial charge is 0.467 e. The zero-order valence-electron chi connectivity index (χ0n) is 12.5. The van der Waals surface area contributed by atoms with Gasteiger partial charge in [-0.15, -0.1) is 0 Å². The van der Waals surface area contributed by atoms with Crippen molar-refractivity contribution in [3.8, 4) is 0 Å². The molecule has 1 aromatic heterocycles. The number of benzene rings is 1. The molecule has 1 atom stereocenters. The Kier molecular flexibility index (Phi) is 5.66. The molecule has 0 aliphatic rings. The highest BCUT2D eigenvalue weighted by molar-refractivity contribution is 5.54. The quantitative estimate of drug-likeness (QED) is 0.781. The van der Waals surface area contributed by atoms with Crippen molar-refractivity contribution in [2.45, 2.75) is 12.7 Å². The molecule has 0 saturated heterocycles. The van der Waals surface area contributed by atoms with Gasteiger partial charge in [0.25, 0.3) is 0 Å². The monoisotopic (exact) mass is 290 g/mol. The maximum atomic E-state index is 9.86. The van der Waals surface area contributed by atoms with Crippen LogP contribution in [0, 0.1) is 0 Å². The van der Waals surface area contributed by atoms with Crippen molar-refractivity contribution in [1.82, 2.24) is 0 Å². The van der Waals surface area contributed by atoms with Gasteiger partial charge in [0.2, 0.25) is 0 Å². The summed E-state index contributed by atoms with van der Waals surface area (Å²) in [7, 11) is 4.01. The van der Waals surface area contributed by atoms with Gasteiger partial charge in [-0.3, -0.25) is 0 Å². The second-order valence-corrected chi connectivity index (χ2v) is 5.07. The Morgan fingerprint density at radius 2 is 2.00 bits per heavy atom. The van der Waals surface area contributed by atoms with Gasteiger partial charge in [0.05, 0.1) is 19.0 Å². The number of furan rings is 1. The van der Waals surface area contributed by atoms with Crippen molar-refractivity contribution in [3.63, 3.8) is 0 Å². The molecule has 114 valence electrons. The van der Waals surface area contributed by atoms with Gasteiger partial charge in [-0.1, -0.05) is 0 Å². The average Bonchev–Trinajstić information content (AvgIpc) is 2.99. The van der Waals surface area contributed by atoms with E-state index in [0.29, 0.717) is 13.2 Å². The van der Waals surface area contributed by atoms with Crippen molar-refractivity contribution in [2.75, 3.05) is 37.5 Å². The lowest BCUT2D eigenvalue weighted by Crippen LogP contribution is -2.24. The predicted molar refractivity (Wildman–Crippen MR) is 83.6 cm³/mol. The highest BCUT2D eigenvalue weighted by Crippen LogP contribution is 2.15. The number of anilines is 2. The number of hydrogen-bond donors (Lipinski definition) is 2. The summed E-state index contributed by atoms with van der Waals surface area (Å²) in [5.41, 5.74) is 2.12. The fraction of sp³-hybridized carbons (Fsp3) is 0.375. The van der Waals surface area contributed by atoms with Gasteiger partial charge in [0.15, 0.2) is 0 Å². The van der Waals surface area contributed by atoms with Crippen LogP contribution in [0.1, 0.15) is 5.76 Å². The lowest BCUT2D eigenvalue weighted by Gasteiger charge is -2.15. The molecule has 1 unspecified atom stereocenters. The van der Waals surface area contributed by atoms with E-state index in [2.05, 4.69) is 5.32 Å². The minimum atomic E-state index is -0.562. The number of ether oxygens (including phenoxy) is 1. The summed E-state index contributed by atoms with van der Waals surface area (Å²) in [5.74, 6) is 0.759. The fourth-order valence-corrected chi connectivity index (χ4v) is 1.86. The molecule has 0 spiro atoms. The van der Waals surface area contributed by atoms with Gasteiger partial charge in [-0.2, -0.15) is 0 Å². The first-order valence-electron chi connectivity index (χ1n) is 6.94. The lowest BCUT2D eigenvalue weighted by atomic mass is 10.2. The summed E-state index contributed by atoms with van der Waals surface area (Å²) < 4.78 is 10.5. The van der Waals surface area contributed by atoms with Crippen molar-refractivity contribution >= 4 is 11.4 Å². The summed E-state index contributed by atoms with van der Waals surface area (Å²) in [6.07, 6.45) is 1.04. The second-order valence-electron chi connectivity index (χ2n) is 5.07. The summed E-state index contributed by atoms with van der Waals surface area (Å²) in [6.45, 7) is 1.09. The van der Waals surface area contributed by atoms with Gasteiger partial charge < -0.3 is 24.5 Å². The number of nitrogens with zero attached hydrogens (tertiary/aromatic N) is 1. The second kappa shape index (κ2) is 7.71. The first-order chi connectivity index (χ1) is 10.1. The molecule has 21 heavy (non-hydrogen) atoms. The Hall–Kier alpha value is -1.98. The normalized spacial score (nSPS) is 12.1. The summed E-state index contributed by atoms with van der Waals surface area (Å²) in [5, 5.41) is 13.0. The van der Waals surface area contributed by atoms with Crippen LogP contribution < -0.4 is 10.2 Å². The molecule has 0 radical (unpaired) electrons. The molecule has 2 aromatic rings. The molecule has 0 amide bonds. The first-order valence-corrected chi connectivity index (χ1v) is 6.94. The zero-order chi connectivity index (χ0) is 15.1. The van der Waals surface area contributed by atoms with E-state index in [0.717, 1.165) is 17.1 Å². The standard InChI is InChI=1S/C16H22N2O3/c1-18(2)14-7-5-13(6-8-14)17-10-15(19)11-20-12-16-4-3-9-21-16/h3-9,15,17,19H,10-12H2,1-2H3. The lowest BCUT2D eigenvalue weighted by molar-refractivity contribution is 0.0282. The maximum Gasteiger partial charge on any atom is 0.129 e. The van der Waals surface area contributed by atoms with Crippen LogP contribution in [0.2, 0.25) is 0 Å². The summed E-state index contributed by atoms with van der Waals surface area (Å²) in [4.78, 5) is 2.04. The Labute approximate surface area is 125 Å². The van der Waals surface area contributed by atoms with Crippen LogP contribution in [0.3, 0.4) is 0 Å². The number of rotatable bonds is 8. The molecule has 2 rings (SSSR count). The van der Waals surface area contributed by atoms with Gasteiger partial charge >= 0.3 is 0 Å². The Balaban J connectivity index is 1.67. The van der Waals surface area contributed by atoms with Gasteiger partial charge in [0, 0.05) is 32.0 Å². The number of hydrogen-bond acceptors (Lipinski definition) is 5. The van der Waals surface area contributed by atoms with Crippen molar-refractivity contribution in [2.24, 2.45) is 0 Å². The molecular weight excluding hydrogens is 268 g/mol. The van der Waals surface area contributed by atoms with Gasteiger partial charge in [-0.25, -0.2) is 0 Å². The van der Waals surface area contributed by atoms with Crippen LogP contribution in [0.25, 0.3) is 0 Å². The van der Waals surface area contributed by atoms with Crippen LogP contribution in [0.5, 0.6) is 0 Å². The van der Waals surface area contributed by atoms with E-state index >= 15 is 0 Å². The molecule has 5 nitrogen and oxygen atoms in total. The highest BCUT2D eigenvalue weighted by atomic mass is 16.5. The van der Waals surface area contributed by atoms with E-state index in [1.165, 1.54) is 0 Å². The maximum absolute atomic E-state index is 9.86. The summed E-state index contributed by atoms with van der Waals surface area (Å²) in [6, 6.07) is 11.7. The van der Waals surface area contributed by atoms with Gasteiger partial charge in [-0.05, 0) is 36.4 Å². The molecular formula is C16H22N2O3. The zero-order valence-corrected chi connectivity index (χ0v) is 12.5. The van der Waals surface area contributed by atoms with Crippen LogP contribution >= 0.6 is 0 Å². The minimum Gasteiger partial charge on any atom is -0.467 e. The molecule has 0 fully saturated rings. The Morgan fingerprint density at radius 1 is 1.24 bits per heavy atom. The van der Waals surface area contributed by atoms with E-state index in [1.807, 2.05) is 55.4 Å². The molecule has 2 N–H and O–H groups in total. The number of aliphatic hydroxyl groups is 1. The van der Waals surface area contributed by atoms with E-state index in [-0.39, 0.29) is 6.61 Å². The minimum absolute atomic E-state index is 0.267. The smallest absolute Gasteiger partial charge is 0.129 e. The van der Waals surface area contributed by atoms with E-state index in [9.17, 15) is 5.11 Å². The summed E-state index contributed by atoms with van der Waals surface area (Å²) >= 11 is 0. The first kappa shape index (κ1) is 15.4. The molecule has 0 bridgehead atoms. The number of aliphatic hydroxyl groups excluding tert-OH is 1. The van der Waals surface area contributed by atoms with E-state index in [1.54, 1.807) is 6.26 Å².